The van der Waals surface area contributed by atoms with Crippen LogP contribution in [-0.2, 0) is 11.3 Å². The fraction of sp³-hybridized carbons (Fsp3) is 0.429. The highest BCUT2D eigenvalue weighted by Crippen LogP contribution is 2.30. The first-order chi connectivity index (χ1) is 9.10. The first kappa shape index (κ1) is 13.5. The van der Waals surface area contributed by atoms with Gasteiger partial charge in [-0.3, -0.25) is 9.59 Å². The number of nitrogens with zero attached hydrogens (tertiary/aromatic N) is 1. The van der Waals surface area contributed by atoms with Crippen LogP contribution in [0.2, 0.25) is 0 Å². The van der Waals surface area contributed by atoms with Crippen molar-refractivity contribution in [3.63, 3.8) is 0 Å². The Labute approximate surface area is 112 Å². The number of carboxylic acids is 1. The highest BCUT2D eigenvalue weighted by atomic mass is 16.4. The van der Waals surface area contributed by atoms with Crippen molar-refractivity contribution in [1.82, 2.24) is 4.90 Å². The molecule has 102 valence electrons. The molecule has 0 atom stereocenters. The predicted octanol–water partition coefficient (Wildman–Crippen LogP) is 1.08. The van der Waals surface area contributed by atoms with Crippen LogP contribution < -0.4 is 5.73 Å². The van der Waals surface area contributed by atoms with E-state index in [2.05, 4.69) is 0 Å². The summed E-state index contributed by atoms with van der Waals surface area (Å²) in [5.41, 5.74) is 6.96. The van der Waals surface area contributed by atoms with Crippen LogP contribution >= 0.6 is 0 Å². The van der Waals surface area contributed by atoms with Crippen LogP contribution in [0.15, 0.2) is 24.3 Å². The topological polar surface area (TPSA) is 83.6 Å². The number of aliphatic carboxylic acids is 1. The molecule has 1 aromatic rings. The van der Waals surface area contributed by atoms with Crippen molar-refractivity contribution in [2.24, 2.45) is 11.7 Å². The van der Waals surface area contributed by atoms with Gasteiger partial charge in [0.15, 0.2) is 0 Å². The van der Waals surface area contributed by atoms with Gasteiger partial charge in [0.05, 0.1) is 0 Å². The molecule has 1 aromatic carbocycles. The molecule has 0 heterocycles. The summed E-state index contributed by atoms with van der Waals surface area (Å²) >= 11 is 0. The zero-order valence-electron chi connectivity index (χ0n) is 10.7. The van der Waals surface area contributed by atoms with Crippen molar-refractivity contribution in [2.75, 3.05) is 13.1 Å². The van der Waals surface area contributed by atoms with Crippen molar-refractivity contribution < 1.29 is 14.7 Å². The van der Waals surface area contributed by atoms with Crippen molar-refractivity contribution in [2.45, 2.75) is 19.4 Å². The fourth-order valence-electron chi connectivity index (χ4n) is 1.96. The van der Waals surface area contributed by atoms with Crippen molar-refractivity contribution in [1.29, 1.82) is 0 Å². The third-order valence-electron chi connectivity index (χ3n) is 3.23. The molecule has 0 unspecified atom stereocenters. The van der Waals surface area contributed by atoms with E-state index in [-0.39, 0.29) is 12.5 Å². The van der Waals surface area contributed by atoms with Crippen LogP contribution in [0.4, 0.5) is 0 Å². The van der Waals surface area contributed by atoms with Crippen LogP contribution in [0.5, 0.6) is 0 Å². The molecule has 1 fully saturated rings. The Morgan fingerprint density at radius 3 is 2.37 bits per heavy atom. The molecule has 0 radical (unpaired) electrons. The van der Waals surface area contributed by atoms with Crippen molar-refractivity contribution in [3.8, 4) is 0 Å². The normalized spacial score (nSPS) is 14.2. The van der Waals surface area contributed by atoms with E-state index in [1.165, 1.54) is 4.90 Å². The highest BCUT2D eigenvalue weighted by Gasteiger charge is 2.28. The van der Waals surface area contributed by atoms with Gasteiger partial charge >= 0.3 is 5.97 Å². The summed E-state index contributed by atoms with van der Waals surface area (Å²) in [5.74, 6) is -0.739. The molecular formula is C14H18N2O3. The van der Waals surface area contributed by atoms with Gasteiger partial charge in [0.1, 0.15) is 6.54 Å². The lowest BCUT2D eigenvalue weighted by Gasteiger charge is -2.20. The molecule has 0 saturated heterocycles. The Kier molecular flexibility index (Phi) is 4.16. The summed E-state index contributed by atoms with van der Waals surface area (Å²) in [6.07, 6.45) is 2.16. The Bertz CT molecular complexity index is 466. The maximum absolute atomic E-state index is 12.3. The Hall–Kier alpha value is -1.88. The monoisotopic (exact) mass is 262 g/mol. The number of carbonyl (C=O) groups excluding carboxylic acids is 1. The summed E-state index contributed by atoms with van der Waals surface area (Å²) in [6.45, 7) is 0.715. The lowest BCUT2D eigenvalue weighted by Crippen LogP contribution is -2.37. The van der Waals surface area contributed by atoms with Crippen LogP contribution in [0, 0.1) is 5.92 Å². The van der Waals surface area contributed by atoms with E-state index in [1.807, 2.05) is 0 Å². The van der Waals surface area contributed by atoms with Crippen LogP contribution in [-0.4, -0.2) is 35.0 Å². The standard InChI is InChI=1S/C14H18N2O3/c15-7-10-3-5-12(6-4-10)14(19)16(9-13(17)18)8-11-1-2-11/h3-6,11H,1-2,7-9,15H2,(H,17,18). The van der Waals surface area contributed by atoms with Crippen molar-refractivity contribution >= 4 is 11.9 Å². The summed E-state index contributed by atoms with van der Waals surface area (Å²) in [5, 5.41) is 8.88. The molecule has 5 heteroatoms. The lowest BCUT2D eigenvalue weighted by molar-refractivity contribution is -0.137. The molecule has 1 amide bonds. The summed E-state index contributed by atoms with van der Waals surface area (Å²) < 4.78 is 0. The number of rotatable bonds is 6. The third kappa shape index (κ3) is 3.79. The van der Waals surface area contributed by atoms with Gasteiger partial charge in [0.2, 0.25) is 0 Å². The molecule has 1 aliphatic carbocycles. The SMILES string of the molecule is NCc1ccc(C(=O)N(CC(=O)O)CC2CC2)cc1. The van der Waals surface area contributed by atoms with Crippen LogP contribution in [0.25, 0.3) is 0 Å². The molecule has 1 aliphatic rings. The van der Waals surface area contributed by atoms with E-state index in [4.69, 9.17) is 10.8 Å². The fourth-order valence-corrected chi connectivity index (χ4v) is 1.96. The Balaban J connectivity index is 2.09. The Morgan fingerprint density at radius 1 is 1.26 bits per heavy atom. The van der Waals surface area contributed by atoms with Gasteiger partial charge in [-0.2, -0.15) is 0 Å². The second-order valence-corrected chi connectivity index (χ2v) is 4.92. The van der Waals surface area contributed by atoms with Gasteiger partial charge in [-0.25, -0.2) is 0 Å². The molecule has 19 heavy (non-hydrogen) atoms. The number of hydrogen-bond acceptors (Lipinski definition) is 3. The zero-order chi connectivity index (χ0) is 13.8. The van der Waals surface area contributed by atoms with Crippen LogP contribution in [0.1, 0.15) is 28.8 Å². The van der Waals surface area contributed by atoms with E-state index in [9.17, 15) is 9.59 Å². The van der Waals surface area contributed by atoms with Crippen LogP contribution in [0.3, 0.4) is 0 Å². The van der Waals surface area contributed by atoms with E-state index in [0.29, 0.717) is 24.6 Å². The molecule has 5 nitrogen and oxygen atoms in total. The van der Waals surface area contributed by atoms with Gasteiger partial charge in [0, 0.05) is 18.7 Å². The number of hydrogen-bond donors (Lipinski definition) is 2. The quantitative estimate of drug-likeness (QED) is 0.803. The van der Waals surface area contributed by atoms with Gasteiger partial charge in [0.25, 0.3) is 5.91 Å². The second kappa shape index (κ2) is 5.84. The minimum Gasteiger partial charge on any atom is -0.480 e. The average molecular weight is 262 g/mol. The maximum atomic E-state index is 12.3. The minimum absolute atomic E-state index is 0.224. The summed E-state index contributed by atoms with van der Waals surface area (Å²) in [7, 11) is 0. The molecule has 2 rings (SSSR count). The minimum atomic E-state index is -0.979. The molecule has 1 saturated carbocycles. The summed E-state index contributed by atoms with van der Waals surface area (Å²) in [6, 6.07) is 6.99. The highest BCUT2D eigenvalue weighted by molar-refractivity contribution is 5.95. The van der Waals surface area contributed by atoms with Gasteiger partial charge in [-0.1, -0.05) is 12.1 Å². The van der Waals surface area contributed by atoms with E-state index in [1.54, 1.807) is 24.3 Å². The molecule has 0 bridgehead atoms. The predicted molar refractivity (Wildman–Crippen MR) is 70.6 cm³/mol. The van der Waals surface area contributed by atoms with E-state index >= 15 is 0 Å². The van der Waals surface area contributed by atoms with Gasteiger partial charge in [-0.15, -0.1) is 0 Å². The number of nitrogens with two attached hydrogens (primary N) is 1. The smallest absolute Gasteiger partial charge is 0.323 e. The van der Waals surface area contributed by atoms with Gasteiger partial charge in [-0.05, 0) is 36.5 Å². The number of carbonyl (C=O) groups is 2. The number of benzene rings is 1. The van der Waals surface area contributed by atoms with Gasteiger partial charge < -0.3 is 15.7 Å². The lowest BCUT2D eigenvalue weighted by atomic mass is 10.1. The zero-order valence-corrected chi connectivity index (χ0v) is 10.7. The molecule has 0 aromatic heterocycles. The van der Waals surface area contributed by atoms with E-state index < -0.39 is 5.97 Å². The first-order valence-corrected chi connectivity index (χ1v) is 6.40. The second-order valence-electron chi connectivity index (χ2n) is 4.92. The largest absolute Gasteiger partial charge is 0.480 e. The number of carboxylic acid groups (broad SMARTS) is 1. The average Bonchev–Trinajstić information content (AvgIpc) is 3.21. The molecular weight excluding hydrogens is 244 g/mol. The third-order valence-corrected chi connectivity index (χ3v) is 3.23. The van der Waals surface area contributed by atoms with E-state index in [0.717, 1.165) is 18.4 Å². The summed E-state index contributed by atoms with van der Waals surface area (Å²) in [4.78, 5) is 24.5. The molecule has 0 spiro atoms. The number of amides is 1. The van der Waals surface area contributed by atoms with Crippen molar-refractivity contribution in [3.05, 3.63) is 35.4 Å². The molecule has 3 N–H and O–H groups in total. The first-order valence-electron chi connectivity index (χ1n) is 6.40. The maximum Gasteiger partial charge on any atom is 0.323 e. The molecule has 0 aliphatic heterocycles. The Morgan fingerprint density at radius 2 is 1.89 bits per heavy atom.